The predicted octanol–water partition coefficient (Wildman–Crippen LogP) is 0.422. The van der Waals surface area contributed by atoms with Crippen LogP contribution in [0.2, 0.25) is 0 Å². The van der Waals surface area contributed by atoms with Crippen LogP contribution < -0.4 is 11.3 Å². The summed E-state index contributed by atoms with van der Waals surface area (Å²) in [5, 5.41) is 0. The minimum Gasteiger partial charge on any atom is -0.381 e. The van der Waals surface area contributed by atoms with E-state index >= 15 is 0 Å². The van der Waals surface area contributed by atoms with Gasteiger partial charge >= 0.3 is 0 Å². The second-order valence-electron chi connectivity index (χ2n) is 5.09. The van der Waals surface area contributed by atoms with Crippen LogP contribution in [0.1, 0.15) is 25.7 Å². The molecule has 2 bridgehead atoms. The van der Waals surface area contributed by atoms with E-state index in [4.69, 9.17) is 15.3 Å². The zero-order chi connectivity index (χ0) is 10.3. The Morgan fingerprint density at radius 3 is 2.73 bits per heavy atom. The van der Waals surface area contributed by atoms with Gasteiger partial charge in [0.15, 0.2) is 0 Å². The lowest BCUT2D eigenvalue weighted by molar-refractivity contribution is 0.0772. The minimum absolute atomic E-state index is 0.391. The zero-order valence-electron chi connectivity index (χ0n) is 9.02. The normalized spacial score (nSPS) is 46.2. The Kier molecular flexibility index (Phi) is 2.68. The Morgan fingerprint density at radius 1 is 1.27 bits per heavy atom. The third-order valence-electron chi connectivity index (χ3n) is 4.28. The van der Waals surface area contributed by atoms with Crippen LogP contribution >= 0.6 is 0 Å². The molecule has 0 aromatic heterocycles. The van der Waals surface area contributed by atoms with E-state index in [2.05, 4.69) is 5.43 Å². The van der Waals surface area contributed by atoms with Gasteiger partial charge in [0, 0.05) is 24.5 Å². The van der Waals surface area contributed by atoms with Gasteiger partial charge in [-0.15, -0.1) is 0 Å². The molecule has 3 rings (SSSR count). The fraction of sp³-hybridized carbons (Fsp3) is 1.00. The highest BCUT2D eigenvalue weighted by Gasteiger charge is 2.46. The molecule has 5 unspecified atom stereocenters. The molecule has 4 nitrogen and oxygen atoms in total. The van der Waals surface area contributed by atoms with Crippen LogP contribution in [0.15, 0.2) is 0 Å². The molecule has 0 amide bonds. The van der Waals surface area contributed by atoms with E-state index in [-0.39, 0.29) is 0 Å². The molecule has 0 saturated carbocycles. The van der Waals surface area contributed by atoms with Gasteiger partial charge in [0.1, 0.15) is 0 Å². The molecule has 3 heterocycles. The van der Waals surface area contributed by atoms with Gasteiger partial charge in [-0.1, -0.05) is 0 Å². The van der Waals surface area contributed by atoms with Gasteiger partial charge < -0.3 is 9.47 Å². The summed E-state index contributed by atoms with van der Waals surface area (Å²) in [5.41, 5.74) is 3.01. The SMILES string of the molecule is NNC(C1CCOC1)C1CC2CCC1O2. The summed E-state index contributed by atoms with van der Waals surface area (Å²) >= 11 is 0. The van der Waals surface area contributed by atoms with Crippen LogP contribution in [0.4, 0.5) is 0 Å². The van der Waals surface area contributed by atoms with Crippen LogP contribution in [0.5, 0.6) is 0 Å². The standard InChI is InChI=1S/C11H20N2O2/c12-13-11(7-3-4-14-6-7)9-5-8-1-2-10(9)15-8/h7-11,13H,1-6,12H2. The monoisotopic (exact) mass is 212 g/mol. The van der Waals surface area contributed by atoms with E-state index in [0.717, 1.165) is 19.6 Å². The second kappa shape index (κ2) is 4.01. The lowest BCUT2D eigenvalue weighted by atomic mass is 9.78. The molecule has 3 N–H and O–H groups in total. The summed E-state index contributed by atoms with van der Waals surface area (Å²) in [6.45, 7) is 1.76. The molecular formula is C11H20N2O2. The Bertz CT molecular complexity index is 231. The van der Waals surface area contributed by atoms with Gasteiger partial charge in [0.25, 0.3) is 0 Å². The Labute approximate surface area is 90.5 Å². The van der Waals surface area contributed by atoms with Gasteiger partial charge in [0.2, 0.25) is 0 Å². The van der Waals surface area contributed by atoms with E-state index in [1.165, 1.54) is 19.3 Å². The number of fused-ring (bicyclic) bond motifs is 2. The van der Waals surface area contributed by atoms with E-state index in [0.29, 0.717) is 30.1 Å². The molecule has 0 radical (unpaired) electrons. The van der Waals surface area contributed by atoms with Crippen LogP contribution in [0.25, 0.3) is 0 Å². The summed E-state index contributed by atoms with van der Waals surface area (Å²) in [4.78, 5) is 0. The van der Waals surface area contributed by atoms with Crippen molar-refractivity contribution >= 4 is 0 Å². The fourth-order valence-corrected chi connectivity index (χ4v) is 3.50. The van der Waals surface area contributed by atoms with Crippen LogP contribution in [-0.2, 0) is 9.47 Å². The van der Waals surface area contributed by atoms with Gasteiger partial charge in [-0.05, 0) is 25.7 Å². The molecule has 3 aliphatic rings. The maximum Gasteiger partial charge on any atom is 0.0624 e. The number of rotatable bonds is 3. The molecule has 0 aromatic carbocycles. The third kappa shape index (κ3) is 1.69. The summed E-state index contributed by atoms with van der Waals surface area (Å²) in [7, 11) is 0. The van der Waals surface area contributed by atoms with E-state index in [1.54, 1.807) is 0 Å². The summed E-state index contributed by atoms with van der Waals surface area (Å²) in [6.07, 6.45) is 5.77. The van der Waals surface area contributed by atoms with Gasteiger partial charge in [-0.2, -0.15) is 0 Å². The first kappa shape index (κ1) is 10.0. The molecule has 3 saturated heterocycles. The Hall–Kier alpha value is -0.160. The maximum atomic E-state index is 5.89. The molecule has 0 spiro atoms. The van der Waals surface area contributed by atoms with E-state index in [9.17, 15) is 0 Å². The lowest BCUT2D eigenvalue weighted by Gasteiger charge is -2.31. The molecular weight excluding hydrogens is 192 g/mol. The number of hydrogen-bond donors (Lipinski definition) is 2. The van der Waals surface area contributed by atoms with E-state index in [1.807, 2.05) is 0 Å². The number of hydrazine groups is 1. The summed E-state index contributed by atoms with van der Waals surface area (Å²) in [6, 6.07) is 0.391. The summed E-state index contributed by atoms with van der Waals surface area (Å²) in [5.74, 6) is 6.90. The number of hydrogen-bond acceptors (Lipinski definition) is 4. The first-order valence-corrected chi connectivity index (χ1v) is 6.08. The molecule has 0 aromatic rings. The topological polar surface area (TPSA) is 56.5 Å². The lowest BCUT2D eigenvalue weighted by Crippen LogP contribution is -2.49. The smallest absolute Gasteiger partial charge is 0.0624 e. The highest BCUT2D eigenvalue weighted by molar-refractivity contribution is 4.97. The minimum atomic E-state index is 0.391. The van der Waals surface area contributed by atoms with Crippen molar-refractivity contribution in [1.82, 2.24) is 5.43 Å². The molecule has 0 aliphatic carbocycles. The zero-order valence-corrected chi connectivity index (χ0v) is 9.02. The molecule has 86 valence electrons. The molecule has 4 heteroatoms. The molecule has 5 atom stereocenters. The second-order valence-corrected chi connectivity index (χ2v) is 5.09. The highest BCUT2D eigenvalue weighted by Crippen LogP contribution is 2.42. The average molecular weight is 212 g/mol. The van der Waals surface area contributed by atoms with Crippen molar-refractivity contribution in [3.63, 3.8) is 0 Å². The van der Waals surface area contributed by atoms with Crippen molar-refractivity contribution < 1.29 is 9.47 Å². The summed E-state index contributed by atoms with van der Waals surface area (Å²) < 4.78 is 11.3. The number of nitrogens with one attached hydrogen (secondary N) is 1. The first-order valence-electron chi connectivity index (χ1n) is 6.08. The molecule has 3 aliphatic heterocycles. The van der Waals surface area contributed by atoms with Gasteiger partial charge in [-0.25, -0.2) is 0 Å². The fourth-order valence-electron chi connectivity index (χ4n) is 3.50. The highest BCUT2D eigenvalue weighted by atomic mass is 16.5. The van der Waals surface area contributed by atoms with Crippen molar-refractivity contribution in [2.24, 2.45) is 17.7 Å². The van der Waals surface area contributed by atoms with Crippen molar-refractivity contribution in [3.8, 4) is 0 Å². The van der Waals surface area contributed by atoms with Crippen molar-refractivity contribution in [2.45, 2.75) is 43.9 Å². The van der Waals surface area contributed by atoms with Crippen molar-refractivity contribution in [2.75, 3.05) is 13.2 Å². The van der Waals surface area contributed by atoms with Gasteiger partial charge in [0.05, 0.1) is 18.8 Å². The number of nitrogens with two attached hydrogens (primary N) is 1. The average Bonchev–Trinajstić information content (AvgIpc) is 2.94. The van der Waals surface area contributed by atoms with Crippen LogP contribution in [-0.4, -0.2) is 31.5 Å². The largest absolute Gasteiger partial charge is 0.381 e. The van der Waals surface area contributed by atoms with Crippen molar-refractivity contribution in [3.05, 3.63) is 0 Å². The van der Waals surface area contributed by atoms with Crippen molar-refractivity contribution in [1.29, 1.82) is 0 Å². The third-order valence-corrected chi connectivity index (χ3v) is 4.28. The molecule has 3 fully saturated rings. The predicted molar refractivity (Wildman–Crippen MR) is 56.0 cm³/mol. The van der Waals surface area contributed by atoms with Crippen LogP contribution in [0.3, 0.4) is 0 Å². The quantitative estimate of drug-likeness (QED) is 0.526. The number of ether oxygens (including phenoxy) is 2. The Morgan fingerprint density at radius 2 is 2.20 bits per heavy atom. The van der Waals surface area contributed by atoms with E-state index < -0.39 is 0 Å². The maximum absolute atomic E-state index is 5.89. The molecule has 15 heavy (non-hydrogen) atoms. The Balaban J connectivity index is 1.68. The first-order chi connectivity index (χ1) is 7.38. The van der Waals surface area contributed by atoms with Gasteiger partial charge in [-0.3, -0.25) is 11.3 Å². The van der Waals surface area contributed by atoms with Crippen LogP contribution in [0, 0.1) is 11.8 Å².